The van der Waals surface area contributed by atoms with Crippen LogP contribution < -0.4 is 0 Å². The zero-order valence-electron chi connectivity index (χ0n) is 22.0. The third kappa shape index (κ3) is 6.11. The first-order chi connectivity index (χ1) is 17.6. The van der Waals surface area contributed by atoms with Gasteiger partial charge in [-0.1, -0.05) is 70.5 Å². The second-order valence-corrected chi connectivity index (χ2v) is 11.4. The number of likely N-dealkylation sites (tertiary alicyclic amines) is 1. The third-order valence-corrected chi connectivity index (χ3v) is 8.19. The molecule has 0 bridgehead atoms. The largest absolute Gasteiger partial charge is 0.303 e. The normalized spacial score (nSPS) is 15.0. The fourth-order valence-electron chi connectivity index (χ4n) is 4.62. The first-order valence-corrected chi connectivity index (χ1v) is 14.5. The van der Waals surface area contributed by atoms with Gasteiger partial charge in [-0.05, 0) is 61.2 Å². The molecule has 5 nitrogen and oxygen atoms in total. The first kappa shape index (κ1) is 26.2. The number of rotatable bonds is 7. The van der Waals surface area contributed by atoms with E-state index < -0.39 is 10.8 Å². The molecule has 4 aromatic rings. The van der Waals surface area contributed by atoms with Crippen LogP contribution in [0.15, 0.2) is 72.0 Å². The molecule has 190 valence electrons. The molecule has 6 heteroatoms. The van der Waals surface area contributed by atoms with Gasteiger partial charge in [-0.2, -0.15) is 5.10 Å². The van der Waals surface area contributed by atoms with Crippen LogP contribution >= 0.6 is 0 Å². The summed E-state index contributed by atoms with van der Waals surface area (Å²) in [6, 6.07) is 16.7. The van der Waals surface area contributed by atoms with Gasteiger partial charge in [-0.15, -0.1) is 0 Å². The van der Waals surface area contributed by atoms with Crippen LogP contribution in [0.5, 0.6) is 0 Å². The number of aromatic nitrogens is 3. The molecule has 1 atom stereocenters. The number of hydrogen-bond donors (Lipinski definition) is 0. The van der Waals surface area contributed by atoms with Crippen molar-refractivity contribution < 1.29 is 4.21 Å². The fourth-order valence-corrected chi connectivity index (χ4v) is 5.62. The molecule has 0 saturated carbocycles. The van der Waals surface area contributed by atoms with Gasteiger partial charge in [0, 0.05) is 40.2 Å². The highest BCUT2D eigenvalue weighted by molar-refractivity contribution is 7.85. The fraction of sp³-hybridized carbons (Fsp3) is 0.400. The molecule has 1 unspecified atom stereocenters. The van der Waals surface area contributed by atoms with E-state index in [1.54, 1.807) is 0 Å². The van der Waals surface area contributed by atoms with Crippen LogP contribution in [0.2, 0.25) is 0 Å². The molecule has 0 aliphatic carbocycles. The van der Waals surface area contributed by atoms with Crippen molar-refractivity contribution in [2.45, 2.75) is 63.5 Å². The molecule has 1 fully saturated rings. The average molecular weight is 503 g/mol. The van der Waals surface area contributed by atoms with E-state index in [4.69, 9.17) is 4.98 Å². The van der Waals surface area contributed by atoms with Crippen molar-refractivity contribution in [3.8, 4) is 22.3 Å². The van der Waals surface area contributed by atoms with E-state index in [1.165, 1.54) is 37.9 Å². The summed E-state index contributed by atoms with van der Waals surface area (Å²) in [6.07, 6.45) is 10.9. The van der Waals surface area contributed by atoms with Crippen molar-refractivity contribution in [2.75, 3.05) is 19.6 Å². The smallest absolute Gasteiger partial charge is 0.162 e. The summed E-state index contributed by atoms with van der Waals surface area (Å²) < 4.78 is 14.4. The lowest BCUT2D eigenvalue weighted by Gasteiger charge is -2.26. The van der Waals surface area contributed by atoms with Gasteiger partial charge in [-0.3, -0.25) is 4.21 Å². The van der Waals surface area contributed by atoms with Crippen molar-refractivity contribution in [3.63, 3.8) is 0 Å². The highest BCUT2D eigenvalue weighted by Gasteiger charge is 2.14. The molecule has 0 radical (unpaired) electrons. The topological polar surface area (TPSA) is 50.5 Å². The quantitative estimate of drug-likeness (QED) is 0.284. The SMILES string of the molecule is CC.CC(C)S(=O)c1cccc(-c2cnn3cc(-c4ccc(CCN5CCCCC5)cc4)cnc23)c1. The maximum absolute atomic E-state index is 12.5. The Labute approximate surface area is 218 Å². The second kappa shape index (κ2) is 12.4. The molecule has 1 aliphatic rings. The van der Waals surface area contributed by atoms with Crippen LogP contribution in [-0.2, 0) is 17.2 Å². The van der Waals surface area contributed by atoms with Gasteiger partial charge in [-0.25, -0.2) is 9.50 Å². The standard InChI is InChI=1S/C28H32N4OS.C2H6/c1-21(2)34(33)26-8-6-7-24(17-26)27-19-30-32-20-25(18-29-28(27)32)23-11-9-22(10-12-23)13-16-31-14-4-3-5-15-31;1-2/h6-12,17-21H,3-5,13-16H2,1-2H3;1-2H3. The minimum atomic E-state index is -1.03. The van der Waals surface area contributed by atoms with Gasteiger partial charge in [0.1, 0.15) is 0 Å². The molecule has 0 amide bonds. The predicted molar refractivity (Wildman–Crippen MR) is 151 cm³/mol. The summed E-state index contributed by atoms with van der Waals surface area (Å²) in [6.45, 7) is 11.6. The zero-order valence-corrected chi connectivity index (χ0v) is 22.8. The highest BCUT2D eigenvalue weighted by atomic mass is 32.2. The van der Waals surface area contributed by atoms with Gasteiger partial charge in [0.15, 0.2) is 5.65 Å². The molecule has 1 saturated heterocycles. The Morgan fingerprint density at radius 3 is 2.39 bits per heavy atom. The number of piperidine rings is 1. The third-order valence-electron chi connectivity index (χ3n) is 6.61. The van der Waals surface area contributed by atoms with Crippen LogP contribution in [0.25, 0.3) is 27.9 Å². The van der Waals surface area contributed by atoms with E-state index in [1.807, 2.05) is 75.1 Å². The van der Waals surface area contributed by atoms with Crippen LogP contribution in [0.4, 0.5) is 0 Å². The van der Waals surface area contributed by atoms with E-state index >= 15 is 0 Å². The van der Waals surface area contributed by atoms with Gasteiger partial charge in [0.05, 0.1) is 17.0 Å². The van der Waals surface area contributed by atoms with Gasteiger partial charge < -0.3 is 4.90 Å². The monoisotopic (exact) mass is 502 g/mol. The van der Waals surface area contributed by atoms with E-state index in [0.29, 0.717) is 0 Å². The molecule has 0 spiro atoms. The lowest BCUT2D eigenvalue weighted by Crippen LogP contribution is -2.31. The average Bonchev–Trinajstić information content (AvgIpc) is 3.37. The van der Waals surface area contributed by atoms with Gasteiger partial charge in [0.2, 0.25) is 0 Å². The van der Waals surface area contributed by atoms with Crippen LogP contribution in [0, 0.1) is 0 Å². The minimum absolute atomic E-state index is 0.0796. The summed E-state index contributed by atoms with van der Waals surface area (Å²) in [7, 11) is -1.03. The Hall–Kier alpha value is -2.83. The molecule has 3 heterocycles. The van der Waals surface area contributed by atoms with E-state index in [9.17, 15) is 4.21 Å². The molecular formula is C30H38N4OS. The maximum atomic E-state index is 12.5. The predicted octanol–water partition coefficient (Wildman–Crippen LogP) is 6.63. The van der Waals surface area contributed by atoms with Crippen LogP contribution in [0.1, 0.15) is 52.5 Å². The number of nitrogens with zero attached hydrogens (tertiary/aromatic N) is 4. The first-order valence-electron chi connectivity index (χ1n) is 13.2. The van der Waals surface area contributed by atoms with Crippen LogP contribution in [-0.4, -0.2) is 48.6 Å². The molecule has 1 aliphatic heterocycles. The summed E-state index contributed by atoms with van der Waals surface area (Å²) in [4.78, 5) is 8.16. The van der Waals surface area contributed by atoms with Crippen molar-refractivity contribution in [1.82, 2.24) is 19.5 Å². The molecule has 2 aromatic carbocycles. The number of hydrogen-bond acceptors (Lipinski definition) is 4. The van der Waals surface area contributed by atoms with E-state index in [0.717, 1.165) is 45.8 Å². The number of fused-ring (bicyclic) bond motifs is 1. The van der Waals surface area contributed by atoms with Crippen LogP contribution in [0.3, 0.4) is 0 Å². The minimum Gasteiger partial charge on any atom is -0.303 e. The van der Waals surface area contributed by atoms with E-state index in [2.05, 4.69) is 34.3 Å². The summed E-state index contributed by atoms with van der Waals surface area (Å²) >= 11 is 0. The lowest BCUT2D eigenvalue weighted by atomic mass is 10.0. The van der Waals surface area contributed by atoms with Crippen molar-refractivity contribution in [3.05, 3.63) is 72.7 Å². The van der Waals surface area contributed by atoms with Crippen molar-refractivity contribution in [1.29, 1.82) is 0 Å². The Bertz CT molecular complexity index is 1290. The maximum Gasteiger partial charge on any atom is 0.162 e. The Kier molecular flexibility index (Phi) is 9.05. The molecule has 0 N–H and O–H groups in total. The summed E-state index contributed by atoms with van der Waals surface area (Å²) in [5.74, 6) is 0. The zero-order chi connectivity index (χ0) is 25.5. The van der Waals surface area contributed by atoms with Crippen molar-refractivity contribution >= 4 is 16.4 Å². The molecular weight excluding hydrogens is 464 g/mol. The summed E-state index contributed by atoms with van der Waals surface area (Å²) in [5, 5.41) is 4.64. The Morgan fingerprint density at radius 2 is 1.67 bits per heavy atom. The molecule has 36 heavy (non-hydrogen) atoms. The molecule has 5 rings (SSSR count). The molecule has 2 aromatic heterocycles. The lowest BCUT2D eigenvalue weighted by molar-refractivity contribution is 0.231. The Balaban J connectivity index is 0.00000148. The summed E-state index contributed by atoms with van der Waals surface area (Å²) in [5.41, 5.74) is 6.29. The van der Waals surface area contributed by atoms with Crippen molar-refractivity contribution in [2.24, 2.45) is 0 Å². The second-order valence-electron chi connectivity index (χ2n) is 9.39. The van der Waals surface area contributed by atoms with Gasteiger partial charge in [0.25, 0.3) is 0 Å². The Morgan fingerprint density at radius 1 is 0.917 bits per heavy atom. The number of benzene rings is 2. The highest BCUT2D eigenvalue weighted by Crippen LogP contribution is 2.27. The van der Waals surface area contributed by atoms with E-state index in [-0.39, 0.29) is 5.25 Å². The van der Waals surface area contributed by atoms with Gasteiger partial charge >= 0.3 is 0 Å².